The maximum absolute atomic E-state index is 12.0. The van der Waals surface area contributed by atoms with Crippen LogP contribution in [0.2, 0.25) is 0 Å². The van der Waals surface area contributed by atoms with Gasteiger partial charge in [-0.3, -0.25) is 9.79 Å². The number of hydrogen-bond acceptors (Lipinski definition) is 3. The molecule has 0 radical (unpaired) electrons. The molecule has 0 saturated carbocycles. The smallest absolute Gasteiger partial charge is 0.168 e. The molecule has 0 spiro atoms. The van der Waals surface area contributed by atoms with E-state index in [-0.39, 0.29) is 17.0 Å². The molecule has 1 N–H and O–H groups in total. The molecule has 0 fully saturated rings. The predicted molar refractivity (Wildman–Crippen MR) is 70.6 cm³/mol. The molecule has 0 heterocycles. The zero-order valence-corrected chi connectivity index (χ0v) is 11.3. The number of hydrogen-bond donors (Lipinski definition) is 1. The van der Waals surface area contributed by atoms with Gasteiger partial charge in [0, 0.05) is 25.1 Å². The Balaban J connectivity index is 2.89. The lowest BCUT2D eigenvalue weighted by Crippen LogP contribution is -2.28. The van der Waals surface area contributed by atoms with Gasteiger partial charge in [0.1, 0.15) is 5.76 Å². The number of rotatable bonds is 4. The monoisotopic (exact) mass is 237 g/mol. The largest absolute Gasteiger partial charge is 0.511 e. The molecule has 96 valence electrons. The van der Waals surface area contributed by atoms with Crippen LogP contribution in [0.4, 0.5) is 0 Å². The van der Waals surface area contributed by atoms with E-state index in [4.69, 9.17) is 0 Å². The van der Waals surface area contributed by atoms with E-state index in [2.05, 4.69) is 11.9 Å². The van der Waals surface area contributed by atoms with Gasteiger partial charge in [-0.05, 0) is 18.8 Å². The van der Waals surface area contributed by atoms with E-state index in [1.54, 1.807) is 0 Å². The Morgan fingerprint density at radius 2 is 2.06 bits per heavy atom. The minimum Gasteiger partial charge on any atom is -0.511 e. The van der Waals surface area contributed by atoms with E-state index >= 15 is 0 Å². The summed E-state index contributed by atoms with van der Waals surface area (Å²) in [5.41, 5.74) is 1.02. The molecule has 3 heteroatoms. The van der Waals surface area contributed by atoms with Crippen LogP contribution in [0.5, 0.6) is 0 Å². The third kappa shape index (κ3) is 3.69. The van der Waals surface area contributed by atoms with Gasteiger partial charge in [-0.2, -0.15) is 0 Å². The number of ketones is 1. The van der Waals surface area contributed by atoms with Gasteiger partial charge in [0.2, 0.25) is 0 Å². The summed E-state index contributed by atoms with van der Waals surface area (Å²) in [5, 5.41) is 9.98. The van der Waals surface area contributed by atoms with Crippen molar-refractivity contribution >= 4 is 11.5 Å². The fraction of sp³-hybridized carbons (Fsp3) is 0.714. The summed E-state index contributed by atoms with van der Waals surface area (Å²) < 4.78 is 0. The third-order valence-electron chi connectivity index (χ3n) is 3.07. The van der Waals surface area contributed by atoms with Gasteiger partial charge in [0.05, 0.1) is 5.57 Å². The lowest BCUT2D eigenvalue weighted by atomic mass is 9.76. The van der Waals surface area contributed by atoms with E-state index in [0.717, 1.165) is 19.4 Å². The van der Waals surface area contributed by atoms with Crippen LogP contribution in [0.25, 0.3) is 0 Å². The predicted octanol–water partition coefficient (Wildman–Crippen LogP) is 3.45. The van der Waals surface area contributed by atoms with Gasteiger partial charge in [0.25, 0.3) is 0 Å². The van der Waals surface area contributed by atoms with Crippen molar-refractivity contribution in [1.82, 2.24) is 0 Å². The van der Waals surface area contributed by atoms with Crippen molar-refractivity contribution in [2.24, 2.45) is 10.4 Å². The van der Waals surface area contributed by atoms with Gasteiger partial charge in [-0.15, -0.1) is 0 Å². The maximum Gasteiger partial charge on any atom is 0.168 e. The van der Waals surface area contributed by atoms with Crippen molar-refractivity contribution in [1.29, 1.82) is 0 Å². The average Bonchev–Trinajstić information content (AvgIpc) is 2.14. The molecule has 0 aromatic rings. The second-order valence-corrected chi connectivity index (χ2v) is 5.58. The Bertz CT molecular complexity index is 364. The molecule has 0 unspecified atom stereocenters. The molecular formula is C14H23NO2. The zero-order valence-electron chi connectivity index (χ0n) is 11.3. The highest BCUT2D eigenvalue weighted by Gasteiger charge is 2.33. The SMILES string of the molecule is CCCCN=C(C)C1=C(O)CC(C)(C)CC1=O. The van der Waals surface area contributed by atoms with Crippen LogP contribution in [0, 0.1) is 5.41 Å². The van der Waals surface area contributed by atoms with Crippen LogP contribution in [0.3, 0.4) is 0 Å². The Hall–Kier alpha value is -1.12. The summed E-state index contributed by atoms with van der Waals surface area (Å²) in [6.07, 6.45) is 3.16. The van der Waals surface area contributed by atoms with Crippen molar-refractivity contribution in [2.75, 3.05) is 6.54 Å². The van der Waals surface area contributed by atoms with Crippen LogP contribution in [0.1, 0.15) is 53.4 Å². The van der Waals surface area contributed by atoms with Crippen LogP contribution in [0.15, 0.2) is 16.3 Å². The fourth-order valence-electron chi connectivity index (χ4n) is 2.18. The van der Waals surface area contributed by atoms with E-state index in [9.17, 15) is 9.90 Å². The zero-order chi connectivity index (χ0) is 13.1. The number of unbranched alkanes of at least 4 members (excludes halogenated alkanes) is 1. The highest BCUT2D eigenvalue weighted by atomic mass is 16.3. The second-order valence-electron chi connectivity index (χ2n) is 5.58. The fourth-order valence-corrected chi connectivity index (χ4v) is 2.18. The number of nitrogens with zero attached hydrogens (tertiary/aromatic N) is 1. The van der Waals surface area contributed by atoms with Crippen LogP contribution < -0.4 is 0 Å². The first-order chi connectivity index (χ1) is 7.87. The van der Waals surface area contributed by atoms with E-state index in [0.29, 0.717) is 24.1 Å². The van der Waals surface area contributed by atoms with Crippen molar-refractivity contribution in [3.05, 3.63) is 11.3 Å². The molecule has 0 aliphatic heterocycles. The van der Waals surface area contributed by atoms with Crippen molar-refractivity contribution in [2.45, 2.75) is 53.4 Å². The second kappa shape index (κ2) is 5.48. The molecule has 0 amide bonds. The molecule has 0 aromatic carbocycles. The lowest BCUT2D eigenvalue weighted by molar-refractivity contribution is -0.117. The molecule has 3 nitrogen and oxygen atoms in total. The molecule has 1 rings (SSSR count). The molecule has 0 aromatic heterocycles. The van der Waals surface area contributed by atoms with Crippen LogP contribution >= 0.6 is 0 Å². The number of aliphatic hydroxyl groups excluding tert-OH is 1. The normalized spacial score (nSPS) is 20.9. The molecule has 1 aliphatic rings. The Labute approximate surface area is 104 Å². The summed E-state index contributed by atoms with van der Waals surface area (Å²) in [4.78, 5) is 16.4. The molecule has 1 aliphatic carbocycles. The summed E-state index contributed by atoms with van der Waals surface area (Å²) in [6.45, 7) is 8.66. The Morgan fingerprint density at radius 1 is 1.41 bits per heavy atom. The highest BCUT2D eigenvalue weighted by Crippen LogP contribution is 2.36. The first-order valence-corrected chi connectivity index (χ1v) is 6.34. The van der Waals surface area contributed by atoms with Gasteiger partial charge >= 0.3 is 0 Å². The number of carbonyl (C=O) groups excluding carboxylic acids is 1. The van der Waals surface area contributed by atoms with Crippen LogP contribution in [-0.2, 0) is 4.79 Å². The summed E-state index contributed by atoms with van der Waals surface area (Å²) >= 11 is 0. The molecule has 0 bridgehead atoms. The Morgan fingerprint density at radius 3 is 2.59 bits per heavy atom. The number of aliphatic hydroxyl groups is 1. The minimum atomic E-state index is -0.131. The van der Waals surface area contributed by atoms with Crippen molar-refractivity contribution in [3.8, 4) is 0 Å². The van der Waals surface area contributed by atoms with Gasteiger partial charge in [-0.25, -0.2) is 0 Å². The van der Waals surface area contributed by atoms with Crippen LogP contribution in [-0.4, -0.2) is 23.1 Å². The van der Waals surface area contributed by atoms with E-state index in [1.165, 1.54) is 0 Å². The third-order valence-corrected chi connectivity index (χ3v) is 3.07. The first kappa shape index (κ1) is 13.9. The standard InChI is InChI=1S/C14H23NO2/c1-5-6-7-15-10(2)13-11(16)8-14(3,4)9-12(13)17/h16H,5-9H2,1-4H3. The van der Waals surface area contributed by atoms with Gasteiger partial charge in [-0.1, -0.05) is 27.2 Å². The number of allylic oxidation sites excluding steroid dienone is 2. The lowest BCUT2D eigenvalue weighted by Gasteiger charge is -2.29. The topological polar surface area (TPSA) is 49.7 Å². The van der Waals surface area contributed by atoms with Gasteiger partial charge < -0.3 is 5.11 Å². The molecule has 17 heavy (non-hydrogen) atoms. The molecule has 0 saturated heterocycles. The highest BCUT2D eigenvalue weighted by molar-refractivity contribution is 6.22. The summed E-state index contributed by atoms with van der Waals surface area (Å²) in [6, 6.07) is 0. The molecular weight excluding hydrogens is 214 g/mol. The van der Waals surface area contributed by atoms with Crippen molar-refractivity contribution < 1.29 is 9.90 Å². The van der Waals surface area contributed by atoms with E-state index < -0.39 is 0 Å². The maximum atomic E-state index is 12.0. The first-order valence-electron chi connectivity index (χ1n) is 6.34. The van der Waals surface area contributed by atoms with E-state index in [1.807, 2.05) is 20.8 Å². The molecule has 0 atom stereocenters. The summed E-state index contributed by atoms with van der Waals surface area (Å²) in [7, 11) is 0. The van der Waals surface area contributed by atoms with Gasteiger partial charge in [0.15, 0.2) is 5.78 Å². The number of aliphatic imine (C=N–C) groups is 1. The average molecular weight is 237 g/mol. The number of carbonyl (C=O) groups is 1. The quantitative estimate of drug-likeness (QED) is 0.601. The number of Topliss-reactive ketones (excluding diaryl/α,β-unsaturated/α-hetero) is 1. The van der Waals surface area contributed by atoms with Crippen molar-refractivity contribution in [3.63, 3.8) is 0 Å². The summed E-state index contributed by atoms with van der Waals surface area (Å²) in [5.74, 6) is 0.237. The minimum absolute atomic E-state index is 0.0245. The Kier molecular flexibility index (Phi) is 4.49.